The highest BCUT2D eigenvalue weighted by molar-refractivity contribution is 7.93. The molecule has 1 aromatic carbocycles. The van der Waals surface area contributed by atoms with Crippen molar-refractivity contribution in [2.45, 2.75) is 76.0 Å². The molecule has 2 rings (SSSR count). The molecule has 0 radical (unpaired) electrons. The highest BCUT2D eigenvalue weighted by Gasteiger charge is 2.24. The lowest BCUT2D eigenvalue weighted by molar-refractivity contribution is 0.0783. The Labute approximate surface area is 177 Å². The molecule has 2 aromatic rings. The zero-order valence-electron chi connectivity index (χ0n) is 18.2. The Bertz CT molecular complexity index is 955. The number of aromatic nitrogens is 1. The van der Waals surface area contributed by atoms with Gasteiger partial charge in [-0.25, -0.2) is 23.1 Å². The predicted octanol–water partition coefficient (Wildman–Crippen LogP) is 5.26. The van der Waals surface area contributed by atoms with E-state index in [2.05, 4.69) is 9.35 Å². The van der Waals surface area contributed by atoms with Crippen LogP contribution in [0.25, 0.3) is 0 Å². The van der Waals surface area contributed by atoms with E-state index >= 15 is 0 Å². The molecule has 0 saturated heterocycles. The summed E-state index contributed by atoms with van der Waals surface area (Å²) in [5.41, 5.74) is 1.82. The maximum absolute atomic E-state index is 14.2. The van der Waals surface area contributed by atoms with Gasteiger partial charge in [-0.2, -0.15) is 0 Å². The summed E-state index contributed by atoms with van der Waals surface area (Å²) in [7, 11) is -3.13. The van der Waals surface area contributed by atoms with Gasteiger partial charge in [0.1, 0.15) is 30.6 Å². The van der Waals surface area contributed by atoms with Crippen molar-refractivity contribution in [3.05, 3.63) is 45.8 Å². The summed E-state index contributed by atoms with van der Waals surface area (Å²) < 4.78 is 31.8. The lowest BCUT2D eigenvalue weighted by Gasteiger charge is -2.24. The molecule has 2 unspecified atom stereocenters. The molecule has 1 aromatic heterocycles. The van der Waals surface area contributed by atoms with Crippen LogP contribution >= 0.6 is 11.3 Å². The van der Waals surface area contributed by atoms with Gasteiger partial charge in [0.15, 0.2) is 0 Å². The second-order valence-corrected chi connectivity index (χ2v) is 11.8. The van der Waals surface area contributed by atoms with Crippen LogP contribution in [0.3, 0.4) is 0 Å². The third-order valence-electron chi connectivity index (χ3n) is 4.78. The molecule has 29 heavy (non-hydrogen) atoms. The quantitative estimate of drug-likeness (QED) is 0.614. The Morgan fingerprint density at radius 3 is 2.14 bits per heavy atom. The first kappa shape index (κ1) is 23.9. The Morgan fingerprint density at radius 2 is 1.72 bits per heavy atom. The Balaban J connectivity index is 2.43. The van der Waals surface area contributed by atoms with Gasteiger partial charge < -0.3 is 5.11 Å². The van der Waals surface area contributed by atoms with Crippen LogP contribution in [0, 0.1) is 5.82 Å². The normalized spacial score (nSPS) is 15.6. The van der Waals surface area contributed by atoms with Crippen LogP contribution in [0.4, 0.5) is 4.39 Å². The van der Waals surface area contributed by atoms with E-state index < -0.39 is 15.5 Å². The van der Waals surface area contributed by atoms with Crippen LogP contribution in [0.2, 0.25) is 0 Å². The van der Waals surface area contributed by atoms with Crippen LogP contribution in [0.1, 0.15) is 87.9 Å². The minimum Gasteiger partial charge on any atom is -0.383 e. The van der Waals surface area contributed by atoms with E-state index in [1.54, 1.807) is 26.0 Å². The SMILES string of the molecule is CC(C)c1cc(F)cc(C(C)C)c1C(C)CN=S(N)(=O)c1cnc(C(C)(C)O)s1. The lowest BCUT2D eigenvalue weighted by Crippen LogP contribution is -2.15. The first-order valence-electron chi connectivity index (χ1n) is 9.76. The number of rotatable bonds is 7. The van der Waals surface area contributed by atoms with Crippen molar-refractivity contribution in [3.63, 3.8) is 0 Å². The predicted molar refractivity (Wildman–Crippen MR) is 118 cm³/mol. The van der Waals surface area contributed by atoms with Crippen molar-refractivity contribution in [2.24, 2.45) is 9.50 Å². The van der Waals surface area contributed by atoms with E-state index in [0.717, 1.165) is 28.0 Å². The molecule has 0 fully saturated rings. The first-order valence-corrected chi connectivity index (χ1v) is 12.2. The molecule has 0 amide bonds. The average Bonchev–Trinajstić information content (AvgIpc) is 3.10. The fourth-order valence-electron chi connectivity index (χ4n) is 3.24. The number of aliphatic hydroxyl groups is 1. The Kier molecular flexibility index (Phi) is 7.26. The van der Waals surface area contributed by atoms with Gasteiger partial charge in [0.25, 0.3) is 0 Å². The molecule has 0 aliphatic carbocycles. The number of hydrogen-bond donors (Lipinski definition) is 2. The fraction of sp³-hybridized carbons (Fsp3) is 0.571. The summed E-state index contributed by atoms with van der Waals surface area (Å²) in [4.78, 5) is 4.13. The van der Waals surface area contributed by atoms with E-state index in [-0.39, 0.29) is 30.1 Å². The zero-order valence-corrected chi connectivity index (χ0v) is 19.8. The number of nitrogens with zero attached hydrogens (tertiary/aromatic N) is 2. The van der Waals surface area contributed by atoms with Crippen molar-refractivity contribution >= 4 is 21.3 Å². The second-order valence-electron chi connectivity index (χ2n) is 8.63. The van der Waals surface area contributed by atoms with E-state index in [9.17, 15) is 13.7 Å². The molecule has 0 aliphatic heterocycles. The molecule has 162 valence electrons. The maximum Gasteiger partial charge on any atom is 0.146 e. The van der Waals surface area contributed by atoms with E-state index in [1.165, 1.54) is 6.20 Å². The third kappa shape index (κ3) is 5.63. The van der Waals surface area contributed by atoms with Crippen LogP contribution in [0.5, 0.6) is 0 Å². The summed E-state index contributed by atoms with van der Waals surface area (Å²) in [5, 5.41) is 16.5. The molecule has 2 atom stereocenters. The summed E-state index contributed by atoms with van der Waals surface area (Å²) in [5.74, 6) is -0.00869. The molecular formula is C21H32FN3O2S2. The van der Waals surface area contributed by atoms with Crippen molar-refractivity contribution in [3.8, 4) is 0 Å². The standard InChI is InChI=1S/C21H32FN3O2S2/c1-12(2)16-8-15(22)9-17(13(3)4)19(16)14(5)10-25-29(23,27)18-11-24-20(28-18)21(6,7)26/h8-9,11-14,26H,10H2,1-7H3,(H2,23,25,27). The van der Waals surface area contributed by atoms with Crippen LogP contribution in [0.15, 0.2) is 26.9 Å². The van der Waals surface area contributed by atoms with Crippen LogP contribution in [-0.4, -0.2) is 20.8 Å². The zero-order chi connectivity index (χ0) is 22.1. The number of nitrogens with two attached hydrogens (primary N) is 1. The molecule has 0 aliphatic rings. The number of hydrogen-bond acceptors (Lipinski definition) is 5. The van der Waals surface area contributed by atoms with Gasteiger partial charge in [-0.3, -0.25) is 0 Å². The summed E-state index contributed by atoms with van der Waals surface area (Å²) in [6, 6.07) is 3.17. The van der Waals surface area contributed by atoms with Gasteiger partial charge >= 0.3 is 0 Å². The monoisotopic (exact) mass is 441 g/mol. The lowest BCUT2D eigenvalue weighted by atomic mass is 9.82. The summed E-state index contributed by atoms with van der Waals surface area (Å²) in [6.45, 7) is 13.6. The molecule has 8 heteroatoms. The van der Waals surface area contributed by atoms with Crippen molar-refractivity contribution in [1.29, 1.82) is 0 Å². The Hall–Kier alpha value is -1.35. The van der Waals surface area contributed by atoms with E-state index in [4.69, 9.17) is 5.14 Å². The average molecular weight is 442 g/mol. The highest BCUT2D eigenvalue weighted by atomic mass is 32.2. The second kappa shape index (κ2) is 8.79. The molecule has 0 spiro atoms. The van der Waals surface area contributed by atoms with Crippen molar-refractivity contribution < 1.29 is 13.7 Å². The number of halogens is 1. The van der Waals surface area contributed by atoms with Gasteiger partial charge in [0.05, 0.1) is 12.7 Å². The largest absolute Gasteiger partial charge is 0.383 e. The van der Waals surface area contributed by atoms with Gasteiger partial charge in [-0.15, -0.1) is 11.3 Å². The van der Waals surface area contributed by atoms with Crippen molar-refractivity contribution in [2.75, 3.05) is 6.54 Å². The molecule has 5 nitrogen and oxygen atoms in total. The smallest absolute Gasteiger partial charge is 0.146 e. The third-order valence-corrected chi connectivity index (χ3v) is 8.07. The van der Waals surface area contributed by atoms with Crippen molar-refractivity contribution in [1.82, 2.24) is 4.98 Å². The molecule has 0 bridgehead atoms. The van der Waals surface area contributed by atoms with Gasteiger partial charge in [-0.05, 0) is 54.5 Å². The molecule has 0 saturated carbocycles. The first-order chi connectivity index (χ1) is 13.2. The minimum atomic E-state index is -3.13. The maximum atomic E-state index is 14.2. The van der Waals surface area contributed by atoms with Gasteiger partial charge in [0.2, 0.25) is 0 Å². The molecule has 1 heterocycles. The highest BCUT2D eigenvalue weighted by Crippen LogP contribution is 2.35. The fourth-order valence-corrected chi connectivity index (χ4v) is 5.54. The Morgan fingerprint density at radius 1 is 1.21 bits per heavy atom. The number of thiazole rings is 1. The van der Waals surface area contributed by atoms with E-state index in [0.29, 0.717) is 9.22 Å². The molecule has 3 N–H and O–H groups in total. The van der Waals surface area contributed by atoms with E-state index in [1.807, 2.05) is 34.6 Å². The van der Waals surface area contributed by atoms with Gasteiger partial charge in [-0.1, -0.05) is 34.6 Å². The van der Waals surface area contributed by atoms with Crippen LogP contribution in [-0.2, 0) is 15.5 Å². The number of benzene rings is 1. The van der Waals surface area contributed by atoms with Gasteiger partial charge in [0, 0.05) is 5.92 Å². The summed E-state index contributed by atoms with van der Waals surface area (Å²) in [6.07, 6.45) is 1.42. The minimum absolute atomic E-state index is 0.0727. The topological polar surface area (TPSA) is 88.6 Å². The molecular weight excluding hydrogens is 409 g/mol. The van der Waals surface area contributed by atoms with Crippen LogP contribution < -0.4 is 5.14 Å². The summed E-state index contributed by atoms with van der Waals surface area (Å²) >= 11 is 1.11.